The van der Waals surface area contributed by atoms with Crippen molar-refractivity contribution in [3.05, 3.63) is 131 Å². The molecule has 0 atom stereocenters. The van der Waals surface area contributed by atoms with E-state index in [4.69, 9.17) is 5.26 Å². The van der Waals surface area contributed by atoms with E-state index in [0.29, 0.717) is 23.4 Å². The first-order valence-electron chi connectivity index (χ1n) is 10.9. The van der Waals surface area contributed by atoms with Crippen LogP contribution in [0.4, 0.5) is 11.4 Å². The van der Waals surface area contributed by atoms with Gasteiger partial charge in [0.2, 0.25) is 5.91 Å². The Kier molecular flexibility index (Phi) is 7.12. The van der Waals surface area contributed by atoms with Crippen LogP contribution in [0.5, 0.6) is 0 Å². The molecule has 0 bridgehead atoms. The lowest BCUT2D eigenvalue weighted by atomic mass is 10.1. The van der Waals surface area contributed by atoms with Gasteiger partial charge >= 0.3 is 0 Å². The van der Waals surface area contributed by atoms with Crippen molar-refractivity contribution in [2.75, 3.05) is 10.2 Å². The molecular weight excluding hydrogens is 422 g/mol. The summed E-state index contributed by atoms with van der Waals surface area (Å²) in [6.45, 7) is 0.374. The van der Waals surface area contributed by atoms with Crippen molar-refractivity contribution in [3.8, 4) is 6.07 Å². The predicted octanol–water partition coefficient (Wildman–Crippen LogP) is 5.59. The number of anilines is 2. The van der Waals surface area contributed by atoms with E-state index in [1.807, 2.05) is 84.9 Å². The van der Waals surface area contributed by atoms with Crippen molar-refractivity contribution in [3.63, 3.8) is 0 Å². The Morgan fingerprint density at radius 2 is 1.41 bits per heavy atom. The average molecular weight is 446 g/mol. The lowest BCUT2D eigenvalue weighted by Crippen LogP contribution is -2.30. The molecule has 0 aliphatic carbocycles. The van der Waals surface area contributed by atoms with E-state index >= 15 is 0 Å². The number of benzene rings is 4. The van der Waals surface area contributed by atoms with Crippen LogP contribution >= 0.6 is 0 Å². The predicted molar refractivity (Wildman–Crippen MR) is 133 cm³/mol. The van der Waals surface area contributed by atoms with E-state index in [0.717, 1.165) is 16.8 Å². The number of nitrogens with one attached hydrogen (secondary N) is 1. The number of para-hydroxylation sites is 1. The largest absolute Gasteiger partial charge is 0.326 e. The monoisotopic (exact) mass is 445 g/mol. The standard InChI is InChI=1S/C29H23N3O2/c30-20-22-14-16-25(17-15-22)29(34)32(21-23-8-3-1-4-9-23)27-13-7-10-24(18-27)19-28(33)31-26-11-5-2-6-12-26/h1-18H,19,21H2,(H,31,33). The molecule has 2 amide bonds. The van der Waals surface area contributed by atoms with Crippen LogP contribution in [0.15, 0.2) is 109 Å². The second kappa shape index (κ2) is 10.8. The van der Waals surface area contributed by atoms with E-state index in [1.54, 1.807) is 29.2 Å². The number of hydrogen-bond donors (Lipinski definition) is 1. The summed E-state index contributed by atoms with van der Waals surface area (Å²) in [7, 11) is 0. The van der Waals surface area contributed by atoms with Gasteiger partial charge in [-0.05, 0) is 59.7 Å². The fraction of sp³-hybridized carbons (Fsp3) is 0.0690. The molecule has 0 aliphatic heterocycles. The smallest absolute Gasteiger partial charge is 0.258 e. The van der Waals surface area contributed by atoms with Crippen molar-refractivity contribution in [2.24, 2.45) is 0 Å². The fourth-order valence-corrected chi connectivity index (χ4v) is 3.64. The first-order chi connectivity index (χ1) is 16.6. The van der Waals surface area contributed by atoms with Crippen LogP contribution in [0.1, 0.15) is 27.0 Å². The molecule has 0 spiro atoms. The minimum atomic E-state index is -0.181. The summed E-state index contributed by atoms with van der Waals surface area (Å²) in [6, 6.07) is 35.2. The second-order valence-electron chi connectivity index (χ2n) is 7.83. The summed E-state index contributed by atoms with van der Waals surface area (Å²) in [5.41, 5.74) is 4.21. The van der Waals surface area contributed by atoms with Crippen molar-refractivity contribution in [1.82, 2.24) is 0 Å². The summed E-state index contributed by atoms with van der Waals surface area (Å²) in [5, 5.41) is 12.0. The first-order valence-corrected chi connectivity index (χ1v) is 10.9. The molecule has 166 valence electrons. The SMILES string of the molecule is N#Cc1ccc(C(=O)N(Cc2ccccc2)c2cccc(CC(=O)Nc3ccccc3)c2)cc1. The highest BCUT2D eigenvalue weighted by molar-refractivity contribution is 6.06. The molecule has 0 fully saturated rings. The van der Waals surface area contributed by atoms with Crippen molar-refractivity contribution >= 4 is 23.2 Å². The van der Waals surface area contributed by atoms with Crippen molar-refractivity contribution in [2.45, 2.75) is 13.0 Å². The van der Waals surface area contributed by atoms with Gasteiger partial charge in [-0.25, -0.2) is 0 Å². The molecule has 0 radical (unpaired) electrons. The molecule has 0 heterocycles. The van der Waals surface area contributed by atoms with Gasteiger partial charge in [0.25, 0.3) is 5.91 Å². The van der Waals surface area contributed by atoms with Gasteiger partial charge in [0, 0.05) is 16.9 Å². The molecule has 0 aliphatic rings. The number of nitrogens with zero attached hydrogens (tertiary/aromatic N) is 2. The van der Waals surface area contributed by atoms with Crippen LogP contribution < -0.4 is 10.2 Å². The maximum absolute atomic E-state index is 13.5. The third kappa shape index (κ3) is 5.76. The van der Waals surface area contributed by atoms with Gasteiger partial charge in [-0.15, -0.1) is 0 Å². The lowest BCUT2D eigenvalue weighted by molar-refractivity contribution is -0.115. The number of carbonyl (C=O) groups is 2. The normalized spacial score (nSPS) is 10.2. The van der Waals surface area contributed by atoms with Crippen molar-refractivity contribution < 1.29 is 9.59 Å². The lowest BCUT2D eigenvalue weighted by Gasteiger charge is -2.24. The molecule has 0 unspecified atom stereocenters. The number of rotatable bonds is 7. The molecule has 0 saturated heterocycles. The topological polar surface area (TPSA) is 73.2 Å². The third-order valence-electron chi connectivity index (χ3n) is 5.33. The van der Waals surface area contributed by atoms with Gasteiger partial charge in [0.05, 0.1) is 24.6 Å². The van der Waals surface area contributed by atoms with Crippen LogP contribution in [0.25, 0.3) is 0 Å². The first kappa shape index (κ1) is 22.5. The minimum Gasteiger partial charge on any atom is -0.326 e. The molecular formula is C29H23N3O2. The second-order valence-corrected chi connectivity index (χ2v) is 7.83. The Morgan fingerprint density at radius 3 is 2.09 bits per heavy atom. The molecule has 4 aromatic carbocycles. The summed E-state index contributed by atoms with van der Waals surface area (Å²) in [6.07, 6.45) is 0.187. The van der Waals surface area contributed by atoms with Gasteiger partial charge in [-0.1, -0.05) is 60.7 Å². The van der Waals surface area contributed by atoms with E-state index in [-0.39, 0.29) is 18.2 Å². The number of amides is 2. The van der Waals surface area contributed by atoms with Gasteiger partial charge in [-0.3, -0.25) is 9.59 Å². The third-order valence-corrected chi connectivity index (χ3v) is 5.33. The Hall–Kier alpha value is -4.69. The highest BCUT2D eigenvalue weighted by Gasteiger charge is 2.19. The molecule has 0 saturated carbocycles. The summed E-state index contributed by atoms with van der Waals surface area (Å²) < 4.78 is 0. The summed E-state index contributed by atoms with van der Waals surface area (Å²) in [4.78, 5) is 27.7. The molecule has 5 nitrogen and oxygen atoms in total. The zero-order valence-electron chi connectivity index (χ0n) is 18.5. The van der Waals surface area contributed by atoms with E-state index < -0.39 is 0 Å². The van der Waals surface area contributed by atoms with Gasteiger partial charge in [-0.2, -0.15) is 5.26 Å². The van der Waals surface area contributed by atoms with E-state index in [9.17, 15) is 9.59 Å². The maximum Gasteiger partial charge on any atom is 0.258 e. The molecule has 1 N–H and O–H groups in total. The van der Waals surface area contributed by atoms with Gasteiger partial charge in [0.1, 0.15) is 0 Å². The van der Waals surface area contributed by atoms with E-state index in [2.05, 4.69) is 11.4 Å². The Balaban J connectivity index is 1.59. The van der Waals surface area contributed by atoms with Crippen LogP contribution in [-0.4, -0.2) is 11.8 Å². The Morgan fingerprint density at radius 1 is 0.765 bits per heavy atom. The van der Waals surface area contributed by atoms with E-state index in [1.165, 1.54) is 0 Å². The fourth-order valence-electron chi connectivity index (χ4n) is 3.64. The molecule has 5 heteroatoms. The highest BCUT2D eigenvalue weighted by atomic mass is 16.2. The maximum atomic E-state index is 13.5. The van der Waals surface area contributed by atoms with Crippen LogP contribution in [0, 0.1) is 11.3 Å². The van der Waals surface area contributed by atoms with Crippen LogP contribution in [-0.2, 0) is 17.8 Å². The molecule has 0 aromatic heterocycles. The summed E-state index contributed by atoms with van der Waals surface area (Å²) >= 11 is 0. The zero-order chi connectivity index (χ0) is 23.8. The van der Waals surface area contributed by atoms with Crippen LogP contribution in [0.3, 0.4) is 0 Å². The number of carbonyl (C=O) groups excluding carboxylic acids is 2. The Labute approximate surface area is 198 Å². The van der Waals surface area contributed by atoms with Crippen molar-refractivity contribution in [1.29, 1.82) is 5.26 Å². The average Bonchev–Trinajstić information content (AvgIpc) is 2.88. The van der Waals surface area contributed by atoms with Crippen LogP contribution in [0.2, 0.25) is 0 Å². The van der Waals surface area contributed by atoms with Gasteiger partial charge < -0.3 is 10.2 Å². The summed E-state index contributed by atoms with van der Waals surface area (Å²) in [5.74, 6) is -0.310. The highest BCUT2D eigenvalue weighted by Crippen LogP contribution is 2.23. The van der Waals surface area contributed by atoms with Gasteiger partial charge in [0.15, 0.2) is 0 Å². The molecule has 4 rings (SSSR count). The molecule has 4 aromatic rings. The zero-order valence-corrected chi connectivity index (χ0v) is 18.5. The molecule has 34 heavy (non-hydrogen) atoms. The number of nitriles is 1. The minimum absolute atomic E-state index is 0.128. The number of hydrogen-bond acceptors (Lipinski definition) is 3. The quantitative estimate of drug-likeness (QED) is 0.403. The Bertz CT molecular complexity index is 1310.